The molecule has 3 N–H and O–H groups in total. The number of aliphatic hydroxyl groups is 2. The van der Waals surface area contributed by atoms with Crippen molar-refractivity contribution in [3.8, 4) is 0 Å². The molecule has 74 heavy (non-hydrogen) atoms. The molecule has 2 atom stereocenters. The van der Waals surface area contributed by atoms with Crippen LogP contribution >= 0.6 is 0 Å². The maximum absolute atomic E-state index is 12.4. The number of aliphatic hydroxyl groups excluding tert-OH is 2. The lowest BCUT2D eigenvalue weighted by Gasteiger charge is -2.20. The fourth-order valence-corrected chi connectivity index (χ4v) is 10.6. The maximum Gasteiger partial charge on any atom is 0.305 e. The van der Waals surface area contributed by atoms with Gasteiger partial charge >= 0.3 is 5.97 Å². The lowest BCUT2D eigenvalue weighted by Crippen LogP contribution is -2.45. The molecule has 0 saturated carbocycles. The summed E-state index contributed by atoms with van der Waals surface area (Å²) in [5.41, 5.74) is 0. The van der Waals surface area contributed by atoms with E-state index in [4.69, 9.17) is 4.74 Å². The van der Waals surface area contributed by atoms with Gasteiger partial charge in [0.2, 0.25) is 5.91 Å². The van der Waals surface area contributed by atoms with Gasteiger partial charge in [-0.25, -0.2) is 0 Å². The first kappa shape index (κ1) is 72.3. The Kier molecular flexibility index (Phi) is 62.4. The minimum Gasteiger partial charge on any atom is -0.466 e. The van der Waals surface area contributed by atoms with Crippen molar-refractivity contribution in [1.29, 1.82) is 0 Å². The van der Waals surface area contributed by atoms with Crippen molar-refractivity contribution < 1.29 is 24.5 Å². The van der Waals surface area contributed by atoms with Crippen molar-refractivity contribution in [3.63, 3.8) is 0 Å². The van der Waals surface area contributed by atoms with Gasteiger partial charge in [-0.1, -0.05) is 327 Å². The molecule has 0 aromatic heterocycles. The lowest BCUT2D eigenvalue weighted by molar-refractivity contribution is -0.143. The van der Waals surface area contributed by atoms with Crippen molar-refractivity contribution in [1.82, 2.24) is 5.32 Å². The van der Waals surface area contributed by atoms with Crippen molar-refractivity contribution >= 4 is 11.9 Å². The average molecular weight is 1040 g/mol. The van der Waals surface area contributed by atoms with Gasteiger partial charge in [0.25, 0.3) is 0 Å². The monoisotopic (exact) mass is 1040 g/mol. The van der Waals surface area contributed by atoms with Crippen LogP contribution in [0.5, 0.6) is 0 Å². The van der Waals surface area contributed by atoms with E-state index in [2.05, 4.69) is 31.3 Å². The van der Waals surface area contributed by atoms with E-state index in [-0.39, 0.29) is 18.5 Å². The van der Waals surface area contributed by atoms with Crippen LogP contribution in [0.1, 0.15) is 373 Å². The number of hydrogen-bond donors (Lipinski definition) is 3. The SMILES string of the molecule is CCCCCCCC/C=C\CCCCCCCCCCCC(=O)OCCCCCCCCCCCCCCCCCCCCCCCCCCCCCCCC(=O)NC(CO)C(O)/C=C/CCCCCCCCC. The molecule has 0 aromatic carbocycles. The number of nitrogens with one attached hydrogen (secondary N) is 1. The van der Waals surface area contributed by atoms with Crippen LogP contribution in [-0.4, -0.2) is 47.4 Å². The van der Waals surface area contributed by atoms with Crippen molar-refractivity contribution in [2.45, 2.75) is 386 Å². The highest BCUT2D eigenvalue weighted by molar-refractivity contribution is 5.76. The molecule has 0 aliphatic carbocycles. The summed E-state index contributed by atoms with van der Waals surface area (Å²) in [6, 6.07) is -0.622. The number of carbonyl (C=O) groups excluding carboxylic acids is 2. The topological polar surface area (TPSA) is 95.9 Å². The molecule has 0 aliphatic rings. The highest BCUT2D eigenvalue weighted by Crippen LogP contribution is 2.18. The predicted octanol–water partition coefficient (Wildman–Crippen LogP) is 21.4. The molecule has 6 nitrogen and oxygen atoms in total. The third kappa shape index (κ3) is 59.6. The first-order chi connectivity index (χ1) is 36.5. The van der Waals surface area contributed by atoms with E-state index in [0.717, 1.165) is 38.5 Å². The number of amides is 1. The Morgan fingerprint density at radius 3 is 0.959 bits per heavy atom. The Hall–Kier alpha value is -1.66. The number of unbranched alkanes of at least 4 members (excludes halogenated alkanes) is 50. The van der Waals surface area contributed by atoms with Crippen LogP contribution in [0.25, 0.3) is 0 Å². The second kappa shape index (κ2) is 63.9. The summed E-state index contributed by atoms with van der Waals surface area (Å²) < 4.78 is 5.51. The molecule has 438 valence electrons. The second-order valence-electron chi connectivity index (χ2n) is 23.2. The minimum absolute atomic E-state index is 0.0191. The quantitative estimate of drug-likeness (QED) is 0.0320. The number of hydrogen-bond acceptors (Lipinski definition) is 5. The Bertz CT molecular complexity index is 1150. The zero-order valence-electron chi connectivity index (χ0n) is 50.1. The summed E-state index contributed by atoms with van der Waals surface area (Å²) in [5.74, 6) is -0.0467. The van der Waals surface area contributed by atoms with E-state index < -0.39 is 12.1 Å². The van der Waals surface area contributed by atoms with E-state index in [1.165, 1.54) is 308 Å². The fraction of sp³-hybridized carbons (Fsp3) is 0.912. The van der Waals surface area contributed by atoms with Gasteiger partial charge in [-0.2, -0.15) is 0 Å². The van der Waals surface area contributed by atoms with E-state index in [1.54, 1.807) is 6.08 Å². The smallest absolute Gasteiger partial charge is 0.305 e. The molecule has 0 heterocycles. The first-order valence-corrected chi connectivity index (χ1v) is 33.6. The number of carbonyl (C=O) groups is 2. The second-order valence-corrected chi connectivity index (χ2v) is 23.2. The van der Waals surface area contributed by atoms with Crippen LogP contribution in [0.2, 0.25) is 0 Å². The number of rotatable bonds is 63. The van der Waals surface area contributed by atoms with Crippen LogP contribution < -0.4 is 5.32 Å². The molecule has 0 aliphatic heterocycles. The van der Waals surface area contributed by atoms with Gasteiger partial charge < -0.3 is 20.3 Å². The summed E-state index contributed by atoms with van der Waals surface area (Å²) in [6.45, 7) is 4.90. The minimum atomic E-state index is -0.839. The first-order valence-electron chi connectivity index (χ1n) is 33.6. The Morgan fingerprint density at radius 2 is 0.635 bits per heavy atom. The average Bonchev–Trinajstić information content (AvgIpc) is 3.40. The van der Waals surface area contributed by atoms with E-state index in [1.807, 2.05) is 6.08 Å². The molecule has 1 amide bonds. The fourth-order valence-electron chi connectivity index (χ4n) is 10.6. The van der Waals surface area contributed by atoms with Crippen molar-refractivity contribution in [3.05, 3.63) is 24.3 Å². The Labute approximate surface area is 462 Å². The van der Waals surface area contributed by atoms with Crippen LogP contribution in [0.4, 0.5) is 0 Å². The summed E-state index contributed by atoms with van der Waals surface area (Å²) in [6.07, 6.45) is 79.8. The molecule has 0 aromatic rings. The van der Waals surface area contributed by atoms with Crippen LogP contribution in [0.3, 0.4) is 0 Å². The van der Waals surface area contributed by atoms with E-state index in [9.17, 15) is 19.8 Å². The molecule has 0 radical (unpaired) electrons. The molecule has 0 spiro atoms. The van der Waals surface area contributed by atoms with Crippen LogP contribution in [0, 0.1) is 0 Å². The molecule has 0 rings (SSSR count). The van der Waals surface area contributed by atoms with E-state index in [0.29, 0.717) is 19.4 Å². The highest BCUT2D eigenvalue weighted by Gasteiger charge is 2.18. The number of esters is 1. The molecular weight excluding hydrogens is 911 g/mol. The van der Waals surface area contributed by atoms with E-state index >= 15 is 0 Å². The molecule has 0 fully saturated rings. The normalized spacial score (nSPS) is 12.6. The highest BCUT2D eigenvalue weighted by atomic mass is 16.5. The Morgan fingerprint density at radius 1 is 0.365 bits per heavy atom. The van der Waals surface area contributed by atoms with Gasteiger partial charge in [0.05, 0.1) is 25.4 Å². The molecule has 0 saturated heterocycles. The van der Waals surface area contributed by atoms with Gasteiger partial charge in [0.1, 0.15) is 0 Å². The molecule has 6 heteroatoms. The van der Waals surface area contributed by atoms with Crippen molar-refractivity contribution in [2.24, 2.45) is 0 Å². The standard InChI is InChI=1S/C68H131NO5/c1-3-5-7-9-11-13-14-15-16-17-29-33-36-39-42-46-50-54-58-62-68(73)74-63-59-55-51-47-43-40-37-34-31-28-26-24-22-20-18-19-21-23-25-27-30-32-35-38-41-45-49-53-57-61-67(72)69-65(64-70)66(71)60-56-52-48-44-12-10-8-6-4-2/h15-16,56,60,65-66,70-71H,3-14,17-55,57-59,61-64H2,1-2H3,(H,69,72)/b16-15-,60-56+. The largest absolute Gasteiger partial charge is 0.466 e. The third-order valence-corrected chi connectivity index (χ3v) is 15.7. The molecular formula is C68H131NO5. The Balaban J connectivity index is 3.30. The lowest BCUT2D eigenvalue weighted by atomic mass is 10.0. The van der Waals surface area contributed by atoms with Gasteiger partial charge in [-0.05, 0) is 57.8 Å². The number of allylic oxidation sites excluding steroid dienone is 3. The molecule has 0 bridgehead atoms. The summed E-state index contributed by atoms with van der Waals surface area (Å²) in [5, 5.41) is 23.0. The van der Waals surface area contributed by atoms with Gasteiger partial charge in [0.15, 0.2) is 0 Å². The van der Waals surface area contributed by atoms with Crippen LogP contribution in [-0.2, 0) is 14.3 Å². The summed E-state index contributed by atoms with van der Waals surface area (Å²) >= 11 is 0. The number of ether oxygens (including phenoxy) is 1. The molecule has 2 unspecified atom stereocenters. The predicted molar refractivity (Wildman–Crippen MR) is 324 cm³/mol. The third-order valence-electron chi connectivity index (χ3n) is 15.7. The van der Waals surface area contributed by atoms with Crippen molar-refractivity contribution in [2.75, 3.05) is 13.2 Å². The summed E-state index contributed by atoms with van der Waals surface area (Å²) in [4.78, 5) is 24.5. The van der Waals surface area contributed by atoms with Crippen LogP contribution in [0.15, 0.2) is 24.3 Å². The van der Waals surface area contributed by atoms with Gasteiger partial charge in [0, 0.05) is 12.8 Å². The zero-order chi connectivity index (χ0) is 53.6. The maximum atomic E-state index is 12.4. The van der Waals surface area contributed by atoms with Gasteiger partial charge in [-0.3, -0.25) is 9.59 Å². The zero-order valence-corrected chi connectivity index (χ0v) is 50.1. The van der Waals surface area contributed by atoms with Gasteiger partial charge in [-0.15, -0.1) is 0 Å². The summed E-state index contributed by atoms with van der Waals surface area (Å²) in [7, 11) is 0.